The number of piperidine rings is 1. The van der Waals surface area contributed by atoms with E-state index in [2.05, 4.69) is 20.4 Å². The molecule has 6 atom stereocenters. The monoisotopic (exact) mass is 504 g/mol. The van der Waals surface area contributed by atoms with Gasteiger partial charge in [-0.3, -0.25) is 15.1 Å². The van der Waals surface area contributed by atoms with Gasteiger partial charge in [-0.25, -0.2) is 13.2 Å². The summed E-state index contributed by atoms with van der Waals surface area (Å²) < 4.78 is 48.8. The van der Waals surface area contributed by atoms with E-state index >= 15 is 4.39 Å². The van der Waals surface area contributed by atoms with E-state index in [1.807, 2.05) is 7.05 Å². The second kappa shape index (κ2) is 11.9. The van der Waals surface area contributed by atoms with E-state index in [9.17, 15) is 8.78 Å². The molecule has 4 aliphatic rings. The number of likely N-dealkylation sites (tertiary alicyclic amines) is 1. The van der Waals surface area contributed by atoms with Crippen molar-refractivity contribution in [3.8, 4) is 0 Å². The Morgan fingerprint density at radius 3 is 2.29 bits per heavy atom. The van der Waals surface area contributed by atoms with E-state index in [1.165, 1.54) is 12.8 Å². The molecule has 7 nitrogen and oxygen atoms in total. The Kier molecular flexibility index (Phi) is 9.38. The molecule has 35 heavy (non-hydrogen) atoms. The summed E-state index contributed by atoms with van der Waals surface area (Å²) in [6.07, 6.45) is 2.21. The first-order valence-electron chi connectivity index (χ1n) is 13.6. The minimum atomic E-state index is -2.62. The summed E-state index contributed by atoms with van der Waals surface area (Å²) in [5.74, 6) is -0.873. The Morgan fingerprint density at radius 2 is 1.77 bits per heavy atom. The molecule has 2 aliphatic heterocycles. The lowest BCUT2D eigenvalue weighted by Crippen LogP contribution is -2.64. The topological polar surface area (TPSA) is 91.8 Å². The van der Waals surface area contributed by atoms with Crippen LogP contribution in [0.2, 0.25) is 0 Å². The van der Waals surface area contributed by atoms with Gasteiger partial charge >= 0.3 is 0 Å². The number of nitrogens with two attached hydrogens (primary N) is 2. The number of rotatable bonds is 13. The maximum atomic E-state index is 16.1. The van der Waals surface area contributed by atoms with Crippen molar-refractivity contribution in [3.05, 3.63) is 0 Å². The number of halogens is 3. The van der Waals surface area contributed by atoms with Gasteiger partial charge in [0.1, 0.15) is 0 Å². The second-order valence-corrected chi connectivity index (χ2v) is 11.7. The average Bonchev–Trinajstić information content (AvgIpc) is 3.52. The van der Waals surface area contributed by atoms with Crippen LogP contribution in [0.1, 0.15) is 51.4 Å². The molecule has 2 heterocycles. The molecule has 10 heteroatoms. The number of nitrogens with one attached hydrogen (secondary N) is 2. The molecule has 6 unspecified atom stereocenters. The second-order valence-electron chi connectivity index (χ2n) is 11.7. The van der Waals surface area contributed by atoms with Crippen LogP contribution in [-0.4, -0.2) is 93.4 Å². The standard InChI is InChI=1S/C25H47F3N6O/c1-31-21(11-20(29)18-5-8-25(27,28)12-18)32-23(30)22(26)24(33(2)13-16-3-4-16)34-9-6-17(7-10-34)19-14-35-15-19/h16-24,31-32H,3-15,29-30H2,1-2H3. The number of ether oxygens (including phenoxy) is 1. The van der Waals surface area contributed by atoms with Crippen LogP contribution in [-0.2, 0) is 4.74 Å². The largest absolute Gasteiger partial charge is 0.381 e. The van der Waals surface area contributed by atoms with Crippen molar-refractivity contribution in [2.45, 2.75) is 88.0 Å². The Bertz CT molecular complexity index is 659. The first kappa shape index (κ1) is 27.5. The smallest absolute Gasteiger partial charge is 0.248 e. The molecule has 204 valence electrons. The number of hydrogen-bond acceptors (Lipinski definition) is 7. The predicted octanol–water partition coefficient (Wildman–Crippen LogP) is 1.92. The third kappa shape index (κ3) is 7.30. The fourth-order valence-electron chi connectivity index (χ4n) is 6.31. The molecule has 0 aromatic heterocycles. The fourth-order valence-corrected chi connectivity index (χ4v) is 6.31. The normalized spacial score (nSPS) is 30.7. The highest BCUT2D eigenvalue weighted by molar-refractivity contribution is 4.93. The van der Waals surface area contributed by atoms with Gasteiger partial charge in [0.05, 0.1) is 31.7 Å². The van der Waals surface area contributed by atoms with E-state index in [0.717, 1.165) is 45.7 Å². The van der Waals surface area contributed by atoms with Gasteiger partial charge < -0.3 is 21.5 Å². The minimum Gasteiger partial charge on any atom is -0.381 e. The van der Waals surface area contributed by atoms with Crippen molar-refractivity contribution in [3.63, 3.8) is 0 Å². The molecule has 2 saturated carbocycles. The van der Waals surface area contributed by atoms with Crippen LogP contribution in [0.25, 0.3) is 0 Å². The molecule has 4 rings (SSSR count). The zero-order chi connectivity index (χ0) is 25.2. The molecule has 0 aromatic carbocycles. The average molecular weight is 505 g/mol. The third-order valence-corrected chi connectivity index (χ3v) is 8.90. The molecule has 0 bridgehead atoms. The first-order valence-corrected chi connectivity index (χ1v) is 13.6. The molecule has 0 aromatic rings. The van der Waals surface area contributed by atoms with E-state index in [-0.39, 0.29) is 31.0 Å². The van der Waals surface area contributed by atoms with Crippen molar-refractivity contribution in [2.24, 2.45) is 35.1 Å². The molecule has 6 N–H and O–H groups in total. The summed E-state index contributed by atoms with van der Waals surface area (Å²) in [5, 5.41) is 6.30. The highest BCUT2D eigenvalue weighted by atomic mass is 19.3. The summed E-state index contributed by atoms with van der Waals surface area (Å²) in [6, 6.07) is -0.388. The Labute approximate surface area is 208 Å². The van der Waals surface area contributed by atoms with Crippen LogP contribution >= 0.6 is 0 Å². The molecule has 0 amide bonds. The highest BCUT2D eigenvalue weighted by Gasteiger charge is 2.43. The Hall–Kier alpha value is -0.490. The van der Waals surface area contributed by atoms with Gasteiger partial charge in [-0.05, 0) is 70.4 Å². The highest BCUT2D eigenvalue weighted by Crippen LogP contribution is 2.40. The number of nitrogens with zero attached hydrogens (tertiary/aromatic N) is 2. The zero-order valence-electron chi connectivity index (χ0n) is 21.5. The summed E-state index contributed by atoms with van der Waals surface area (Å²) in [6.45, 7) is 4.34. The third-order valence-electron chi connectivity index (χ3n) is 8.90. The van der Waals surface area contributed by atoms with Gasteiger partial charge in [-0.1, -0.05) is 0 Å². The minimum absolute atomic E-state index is 0.103. The van der Waals surface area contributed by atoms with Gasteiger partial charge in [0.2, 0.25) is 5.92 Å². The van der Waals surface area contributed by atoms with Gasteiger partial charge in [0.15, 0.2) is 6.17 Å². The van der Waals surface area contributed by atoms with E-state index in [0.29, 0.717) is 30.6 Å². The lowest BCUT2D eigenvalue weighted by Gasteiger charge is -2.46. The summed E-state index contributed by atoms with van der Waals surface area (Å²) in [5.41, 5.74) is 12.7. The van der Waals surface area contributed by atoms with E-state index in [1.54, 1.807) is 7.05 Å². The van der Waals surface area contributed by atoms with Crippen molar-refractivity contribution in [2.75, 3.05) is 46.9 Å². The number of hydrogen-bond donors (Lipinski definition) is 4. The van der Waals surface area contributed by atoms with Gasteiger partial charge in [0, 0.05) is 44.4 Å². The van der Waals surface area contributed by atoms with Crippen molar-refractivity contribution in [1.29, 1.82) is 0 Å². The number of alkyl halides is 3. The SMILES string of the molecule is CNC(CC(N)C1CCC(F)(F)C1)NC(N)C(F)C(N(C)CC1CC1)N1CCC(C2COC2)CC1. The molecule has 0 radical (unpaired) electrons. The zero-order valence-corrected chi connectivity index (χ0v) is 21.5. The molecular formula is C25H47F3N6O. The van der Waals surface area contributed by atoms with E-state index < -0.39 is 24.4 Å². The van der Waals surface area contributed by atoms with Crippen molar-refractivity contribution >= 4 is 0 Å². The lowest BCUT2D eigenvalue weighted by molar-refractivity contribution is -0.0872. The van der Waals surface area contributed by atoms with Crippen molar-refractivity contribution in [1.82, 2.24) is 20.4 Å². The molecule has 2 aliphatic carbocycles. The maximum absolute atomic E-state index is 16.1. The maximum Gasteiger partial charge on any atom is 0.248 e. The summed E-state index contributed by atoms with van der Waals surface area (Å²) in [7, 11) is 3.78. The van der Waals surface area contributed by atoms with Gasteiger partial charge in [-0.15, -0.1) is 0 Å². The molecular weight excluding hydrogens is 457 g/mol. The van der Waals surface area contributed by atoms with Gasteiger partial charge in [0.25, 0.3) is 0 Å². The van der Waals surface area contributed by atoms with Gasteiger partial charge in [-0.2, -0.15) is 0 Å². The predicted molar refractivity (Wildman–Crippen MR) is 131 cm³/mol. The molecule has 4 fully saturated rings. The van der Waals surface area contributed by atoms with E-state index in [4.69, 9.17) is 16.2 Å². The Balaban J connectivity index is 1.33. The lowest BCUT2D eigenvalue weighted by atomic mass is 9.83. The van der Waals surface area contributed by atoms with Crippen LogP contribution < -0.4 is 22.1 Å². The quantitative estimate of drug-likeness (QED) is 0.285. The van der Waals surface area contributed by atoms with Crippen LogP contribution in [0, 0.1) is 23.7 Å². The Morgan fingerprint density at radius 1 is 1.09 bits per heavy atom. The van der Waals surface area contributed by atoms with Crippen molar-refractivity contribution < 1.29 is 17.9 Å². The summed E-state index contributed by atoms with van der Waals surface area (Å²) >= 11 is 0. The van der Waals surface area contributed by atoms with Crippen LogP contribution in [0.5, 0.6) is 0 Å². The molecule has 0 spiro atoms. The molecule has 2 saturated heterocycles. The fraction of sp³-hybridized carbons (Fsp3) is 1.00. The van der Waals surface area contributed by atoms with Crippen LogP contribution in [0.4, 0.5) is 13.2 Å². The van der Waals surface area contributed by atoms with Crippen LogP contribution in [0.3, 0.4) is 0 Å². The van der Waals surface area contributed by atoms with Crippen LogP contribution in [0.15, 0.2) is 0 Å². The first-order chi connectivity index (χ1) is 16.7. The summed E-state index contributed by atoms with van der Waals surface area (Å²) in [4.78, 5) is 4.42.